The molecule has 3 aromatic carbocycles. The van der Waals surface area contributed by atoms with E-state index in [2.05, 4.69) is 5.10 Å². The summed E-state index contributed by atoms with van der Waals surface area (Å²) in [6.45, 7) is 2.98. The number of amides is 1. The standard InChI is InChI=1S/C25H20F5N3O2/c1-14-11-18(27)5-9-21(14)23(15(2)32-24(34)25(28,29)30)35-20-8-10-22-16(12-20)13-31-33(22)19-6-3-17(26)4-7-19/h3-13,15,23H,1-2H3,(H,32,34). The predicted molar refractivity (Wildman–Crippen MR) is 119 cm³/mol. The number of ether oxygens (including phenoxy) is 1. The highest BCUT2D eigenvalue weighted by molar-refractivity contribution is 5.82. The van der Waals surface area contributed by atoms with Crippen molar-refractivity contribution in [3.8, 4) is 11.4 Å². The van der Waals surface area contributed by atoms with Gasteiger partial charge >= 0.3 is 12.1 Å². The highest BCUT2D eigenvalue weighted by Gasteiger charge is 2.40. The number of aromatic nitrogens is 2. The van der Waals surface area contributed by atoms with Crippen LogP contribution in [0, 0.1) is 18.6 Å². The molecule has 5 nitrogen and oxygen atoms in total. The van der Waals surface area contributed by atoms with Gasteiger partial charge in [-0.05, 0) is 79.6 Å². The second kappa shape index (κ2) is 9.36. The molecule has 0 aliphatic heterocycles. The number of rotatable bonds is 6. The van der Waals surface area contributed by atoms with E-state index in [1.807, 2.05) is 5.32 Å². The molecule has 0 radical (unpaired) electrons. The zero-order valence-corrected chi connectivity index (χ0v) is 18.6. The normalized spacial score (nSPS) is 13.5. The van der Waals surface area contributed by atoms with Crippen LogP contribution in [0.1, 0.15) is 24.2 Å². The van der Waals surface area contributed by atoms with E-state index in [1.54, 1.807) is 48.1 Å². The molecule has 1 heterocycles. The van der Waals surface area contributed by atoms with Gasteiger partial charge in [-0.1, -0.05) is 6.07 Å². The summed E-state index contributed by atoms with van der Waals surface area (Å²) in [4.78, 5) is 11.5. The number of hydrogen-bond donors (Lipinski definition) is 1. The minimum Gasteiger partial charge on any atom is -0.484 e. The van der Waals surface area contributed by atoms with E-state index in [4.69, 9.17) is 4.74 Å². The molecule has 2 atom stereocenters. The summed E-state index contributed by atoms with van der Waals surface area (Å²) < 4.78 is 73.1. The Hall–Kier alpha value is -3.95. The summed E-state index contributed by atoms with van der Waals surface area (Å²) in [5, 5.41) is 6.89. The van der Waals surface area contributed by atoms with Crippen molar-refractivity contribution in [3.63, 3.8) is 0 Å². The summed E-state index contributed by atoms with van der Waals surface area (Å²) in [5.74, 6) is -2.69. The van der Waals surface area contributed by atoms with Crippen LogP contribution >= 0.6 is 0 Å². The first-order valence-corrected chi connectivity index (χ1v) is 10.6. The lowest BCUT2D eigenvalue weighted by Crippen LogP contribution is -2.45. The highest BCUT2D eigenvalue weighted by Crippen LogP contribution is 2.31. The number of carbonyl (C=O) groups excluding carboxylic acids is 1. The average molecular weight is 489 g/mol. The molecule has 182 valence electrons. The van der Waals surface area contributed by atoms with E-state index >= 15 is 0 Å². The van der Waals surface area contributed by atoms with Crippen LogP contribution in [-0.2, 0) is 4.79 Å². The number of fused-ring (bicyclic) bond motifs is 1. The fraction of sp³-hybridized carbons (Fsp3) is 0.200. The Morgan fingerprint density at radius 3 is 2.34 bits per heavy atom. The molecule has 10 heteroatoms. The summed E-state index contributed by atoms with van der Waals surface area (Å²) in [7, 11) is 0. The second-order valence-corrected chi connectivity index (χ2v) is 8.05. The van der Waals surface area contributed by atoms with Crippen molar-refractivity contribution in [2.75, 3.05) is 0 Å². The van der Waals surface area contributed by atoms with Crippen molar-refractivity contribution < 1.29 is 31.5 Å². The monoisotopic (exact) mass is 489 g/mol. The van der Waals surface area contributed by atoms with Gasteiger partial charge in [0, 0.05) is 5.39 Å². The minimum atomic E-state index is -5.06. The SMILES string of the molecule is Cc1cc(F)ccc1C(Oc1ccc2c(cnn2-c2ccc(F)cc2)c1)C(C)NC(=O)C(F)(F)F. The summed E-state index contributed by atoms with van der Waals surface area (Å²) in [5.41, 5.74) is 2.20. The third kappa shape index (κ3) is 5.26. The molecule has 35 heavy (non-hydrogen) atoms. The van der Waals surface area contributed by atoms with E-state index in [0.717, 1.165) is 0 Å². The molecule has 4 rings (SSSR count). The average Bonchev–Trinajstić information content (AvgIpc) is 3.21. The topological polar surface area (TPSA) is 56.1 Å². The van der Waals surface area contributed by atoms with Gasteiger partial charge in [-0.15, -0.1) is 0 Å². The highest BCUT2D eigenvalue weighted by atomic mass is 19.4. The van der Waals surface area contributed by atoms with Gasteiger partial charge in [0.1, 0.15) is 23.5 Å². The van der Waals surface area contributed by atoms with Gasteiger partial charge in [-0.25, -0.2) is 13.5 Å². The third-order valence-electron chi connectivity index (χ3n) is 5.48. The van der Waals surface area contributed by atoms with Crippen molar-refractivity contribution in [2.45, 2.75) is 32.2 Å². The maximum atomic E-state index is 13.7. The zero-order chi connectivity index (χ0) is 25.3. The Morgan fingerprint density at radius 2 is 1.69 bits per heavy atom. The van der Waals surface area contributed by atoms with Crippen LogP contribution in [0.4, 0.5) is 22.0 Å². The van der Waals surface area contributed by atoms with Crippen molar-refractivity contribution in [1.82, 2.24) is 15.1 Å². The number of aryl methyl sites for hydroxylation is 1. The number of carbonyl (C=O) groups is 1. The van der Waals surface area contributed by atoms with Crippen LogP contribution in [0.2, 0.25) is 0 Å². The molecule has 0 bridgehead atoms. The molecule has 0 spiro atoms. The van der Waals surface area contributed by atoms with Crippen LogP contribution in [0.25, 0.3) is 16.6 Å². The molecule has 2 unspecified atom stereocenters. The third-order valence-corrected chi connectivity index (χ3v) is 5.48. The van der Waals surface area contributed by atoms with Gasteiger partial charge in [0.2, 0.25) is 0 Å². The molecule has 1 N–H and O–H groups in total. The number of alkyl halides is 3. The number of hydrogen-bond acceptors (Lipinski definition) is 3. The van der Waals surface area contributed by atoms with Gasteiger partial charge in [-0.2, -0.15) is 18.3 Å². The molecule has 0 saturated heterocycles. The number of halogens is 5. The quantitative estimate of drug-likeness (QED) is 0.349. The zero-order valence-electron chi connectivity index (χ0n) is 18.6. The number of benzene rings is 3. The first kappa shape index (κ1) is 24.2. The van der Waals surface area contributed by atoms with Crippen molar-refractivity contribution >= 4 is 16.8 Å². The number of nitrogens with zero attached hydrogens (tertiary/aromatic N) is 2. The summed E-state index contributed by atoms with van der Waals surface area (Å²) in [6.07, 6.45) is -4.55. The van der Waals surface area contributed by atoms with E-state index in [1.165, 1.54) is 37.3 Å². The van der Waals surface area contributed by atoms with Gasteiger partial charge in [0.15, 0.2) is 0 Å². The van der Waals surface area contributed by atoms with E-state index < -0.39 is 30.0 Å². The maximum Gasteiger partial charge on any atom is 0.471 e. The lowest BCUT2D eigenvalue weighted by molar-refractivity contribution is -0.174. The molecule has 0 aliphatic rings. The van der Waals surface area contributed by atoms with Crippen LogP contribution in [0.3, 0.4) is 0 Å². The largest absolute Gasteiger partial charge is 0.484 e. The maximum absolute atomic E-state index is 13.7. The van der Waals surface area contributed by atoms with Crippen LogP contribution in [0.15, 0.2) is 66.9 Å². The smallest absolute Gasteiger partial charge is 0.471 e. The van der Waals surface area contributed by atoms with E-state index in [-0.39, 0.29) is 5.82 Å². The van der Waals surface area contributed by atoms with Gasteiger partial charge in [-0.3, -0.25) is 4.79 Å². The van der Waals surface area contributed by atoms with Crippen molar-refractivity contribution in [1.29, 1.82) is 0 Å². The molecular weight excluding hydrogens is 469 g/mol. The molecule has 0 aliphatic carbocycles. The fourth-order valence-corrected chi connectivity index (χ4v) is 3.78. The van der Waals surface area contributed by atoms with Crippen LogP contribution < -0.4 is 10.1 Å². The Bertz CT molecular complexity index is 1370. The van der Waals surface area contributed by atoms with E-state index in [0.29, 0.717) is 33.5 Å². The lowest BCUT2D eigenvalue weighted by atomic mass is 9.98. The molecule has 4 aromatic rings. The summed E-state index contributed by atoms with van der Waals surface area (Å²) in [6, 6.07) is 13.4. The second-order valence-electron chi connectivity index (χ2n) is 8.05. The molecule has 0 saturated carbocycles. The molecule has 1 amide bonds. The van der Waals surface area contributed by atoms with Crippen LogP contribution in [0.5, 0.6) is 5.75 Å². The minimum absolute atomic E-state index is 0.304. The lowest BCUT2D eigenvalue weighted by Gasteiger charge is -2.28. The predicted octanol–water partition coefficient (Wildman–Crippen LogP) is 5.80. The van der Waals surface area contributed by atoms with Crippen molar-refractivity contribution in [2.24, 2.45) is 0 Å². The summed E-state index contributed by atoms with van der Waals surface area (Å²) >= 11 is 0. The van der Waals surface area contributed by atoms with E-state index in [9.17, 15) is 26.7 Å². The first-order valence-electron chi connectivity index (χ1n) is 10.6. The Kier molecular flexibility index (Phi) is 6.47. The molecular formula is C25H20F5N3O2. The van der Waals surface area contributed by atoms with Gasteiger partial charge in [0.05, 0.1) is 23.4 Å². The first-order chi connectivity index (χ1) is 16.5. The van der Waals surface area contributed by atoms with Gasteiger partial charge < -0.3 is 10.1 Å². The molecule has 1 aromatic heterocycles. The number of nitrogens with one attached hydrogen (secondary N) is 1. The molecule has 0 fully saturated rings. The van der Waals surface area contributed by atoms with Crippen LogP contribution in [-0.4, -0.2) is 27.9 Å². The Balaban J connectivity index is 1.67. The Morgan fingerprint density at radius 1 is 1.00 bits per heavy atom. The fourth-order valence-electron chi connectivity index (χ4n) is 3.78. The Labute approximate surface area is 197 Å². The van der Waals surface area contributed by atoms with Gasteiger partial charge in [0.25, 0.3) is 0 Å². The van der Waals surface area contributed by atoms with Crippen molar-refractivity contribution in [3.05, 3.63) is 89.6 Å².